The lowest BCUT2D eigenvalue weighted by molar-refractivity contribution is -0.124. The SMILES string of the molecule is Cc1ccc(S(=O)(=O)N2CCOCC2)cc1C(=O)OCC(=O)NCC(C)c1ccccc1. The van der Waals surface area contributed by atoms with Crippen LogP contribution < -0.4 is 5.32 Å². The third-order valence-corrected chi connectivity index (χ3v) is 7.24. The zero-order chi connectivity index (χ0) is 23.1. The van der Waals surface area contributed by atoms with Crippen molar-refractivity contribution < 1.29 is 27.5 Å². The molecule has 0 spiro atoms. The van der Waals surface area contributed by atoms with Gasteiger partial charge in [0.05, 0.1) is 23.7 Å². The summed E-state index contributed by atoms with van der Waals surface area (Å²) < 4.78 is 37.4. The summed E-state index contributed by atoms with van der Waals surface area (Å²) in [5, 5.41) is 2.75. The maximum Gasteiger partial charge on any atom is 0.338 e. The summed E-state index contributed by atoms with van der Waals surface area (Å²) in [5.41, 5.74) is 1.78. The van der Waals surface area contributed by atoms with Crippen LogP contribution in [0.2, 0.25) is 0 Å². The maximum absolute atomic E-state index is 12.9. The molecule has 0 saturated carbocycles. The minimum absolute atomic E-state index is 0.0121. The van der Waals surface area contributed by atoms with Crippen molar-refractivity contribution in [3.8, 4) is 0 Å². The van der Waals surface area contributed by atoms with Crippen molar-refractivity contribution in [1.82, 2.24) is 9.62 Å². The Labute approximate surface area is 188 Å². The van der Waals surface area contributed by atoms with E-state index in [1.165, 1.54) is 16.4 Å². The summed E-state index contributed by atoms with van der Waals surface area (Å²) in [6, 6.07) is 14.1. The third kappa shape index (κ3) is 5.93. The van der Waals surface area contributed by atoms with Gasteiger partial charge in [-0.15, -0.1) is 0 Å². The van der Waals surface area contributed by atoms with Crippen molar-refractivity contribution >= 4 is 21.9 Å². The number of morpholine rings is 1. The fourth-order valence-corrected chi connectivity index (χ4v) is 4.78. The Balaban J connectivity index is 1.58. The number of rotatable bonds is 8. The molecule has 1 N–H and O–H groups in total. The Morgan fingerprint density at radius 1 is 1.12 bits per heavy atom. The molecule has 172 valence electrons. The smallest absolute Gasteiger partial charge is 0.338 e. The van der Waals surface area contributed by atoms with E-state index in [9.17, 15) is 18.0 Å². The number of hydrogen-bond donors (Lipinski definition) is 1. The molecule has 1 aliphatic heterocycles. The highest BCUT2D eigenvalue weighted by molar-refractivity contribution is 7.89. The number of carbonyl (C=O) groups is 2. The molecular formula is C23H28N2O6S. The second-order valence-electron chi connectivity index (χ2n) is 7.69. The Hall–Kier alpha value is -2.75. The van der Waals surface area contributed by atoms with Gasteiger partial charge in [-0.05, 0) is 36.1 Å². The summed E-state index contributed by atoms with van der Waals surface area (Å²) in [6.45, 7) is 4.83. The monoisotopic (exact) mass is 460 g/mol. The second kappa shape index (κ2) is 10.7. The van der Waals surface area contributed by atoms with Crippen LogP contribution in [0, 0.1) is 6.92 Å². The number of hydrogen-bond acceptors (Lipinski definition) is 6. The number of aryl methyl sites for hydroxylation is 1. The molecule has 1 amide bonds. The van der Waals surface area contributed by atoms with Crippen molar-refractivity contribution in [3.63, 3.8) is 0 Å². The van der Waals surface area contributed by atoms with Crippen LogP contribution in [-0.2, 0) is 24.3 Å². The molecule has 1 fully saturated rings. The highest BCUT2D eigenvalue weighted by Crippen LogP contribution is 2.21. The Bertz CT molecular complexity index is 1050. The van der Waals surface area contributed by atoms with Gasteiger partial charge in [0.2, 0.25) is 10.0 Å². The van der Waals surface area contributed by atoms with Crippen molar-refractivity contribution in [2.24, 2.45) is 0 Å². The molecule has 2 aromatic carbocycles. The van der Waals surface area contributed by atoms with Crippen LogP contribution in [-0.4, -0.2) is 64.1 Å². The zero-order valence-electron chi connectivity index (χ0n) is 18.2. The molecule has 1 unspecified atom stereocenters. The molecule has 1 atom stereocenters. The lowest BCUT2D eigenvalue weighted by Gasteiger charge is -2.26. The van der Waals surface area contributed by atoms with Crippen LogP contribution in [0.25, 0.3) is 0 Å². The summed E-state index contributed by atoms with van der Waals surface area (Å²) in [6.07, 6.45) is 0. The standard InChI is InChI=1S/C23H28N2O6S/c1-17-8-9-20(32(28,29)25-10-12-30-13-11-25)14-21(17)23(27)31-16-22(26)24-15-18(2)19-6-4-3-5-7-19/h3-9,14,18H,10-13,15-16H2,1-2H3,(H,24,26). The van der Waals surface area contributed by atoms with E-state index in [0.717, 1.165) is 5.56 Å². The number of nitrogens with zero attached hydrogens (tertiary/aromatic N) is 1. The van der Waals surface area contributed by atoms with E-state index in [2.05, 4.69) is 5.32 Å². The molecule has 2 aromatic rings. The molecule has 1 heterocycles. The predicted molar refractivity (Wildman–Crippen MR) is 119 cm³/mol. The molecule has 1 saturated heterocycles. The molecule has 0 bridgehead atoms. The number of esters is 1. The molecule has 9 heteroatoms. The van der Waals surface area contributed by atoms with Gasteiger partial charge in [0.1, 0.15) is 0 Å². The first-order valence-corrected chi connectivity index (χ1v) is 11.9. The van der Waals surface area contributed by atoms with E-state index in [1.54, 1.807) is 13.0 Å². The molecule has 32 heavy (non-hydrogen) atoms. The van der Waals surface area contributed by atoms with Gasteiger partial charge < -0.3 is 14.8 Å². The Kier molecular flexibility index (Phi) is 8.00. The number of amides is 1. The zero-order valence-corrected chi connectivity index (χ0v) is 19.1. The van der Waals surface area contributed by atoms with Gasteiger partial charge in [-0.1, -0.05) is 43.3 Å². The molecule has 0 aliphatic carbocycles. The van der Waals surface area contributed by atoms with Gasteiger partial charge in [-0.3, -0.25) is 4.79 Å². The third-order valence-electron chi connectivity index (χ3n) is 5.35. The lowest BCUT2D eigenvalue weighted by Crippen LogP contribution is -2.40. The van der Waals surface area contributed by atoms with Gasteiger partial charge in [-0.2, -0.15) is 4.31 Å². The highest BCUT2D eigenvalue weighted by atomic mass is 32.2. The predicted octanol–water partition coefficient (Wildman–Crippen LogP) is 2.09. The number of nitrogens with one attached hydrogen (secondary N) is 1. The number of carbonyl (C=O) groups excluding carboxylic acids is 2. The summed E-state index contributed by atoms with van der Waals surface area (Å²) in [7, 11) is -3.74. The van der Waals surface area contributed by atoms with Crippen LogP contribution in [0.15, 0.2) is 53.4 Å². The van der Waals surface area contributed by atoms with E-state index in [0.29, 0.717) is 25.3 Å². The number of benzene rings is 2. The van der Waals surface area contributed by atoms with Crippen molar-refractivity contribution in [2.45, 2.75) is 24.7 Å². The van der Waals surface area contributed by atoms with Crippen molar-refractivity contribution in [3.05, 3.63) is 65.2 Å². The summed E-state index contributed by atoms with van der Waals surface area (Å²) in [5.74, 6) is -1.05. The molecule has 1 aliphatic rings. The number of sulfonamides is 1. The molecule has 3 rings (SSSR count). The van der Waals surface area contributed by atoms with E-state index in [-0.39, 0.29) is 29.5 Å². The molecule has 0 radical (unpaired) electrons. The maximum atomic E-state index is 12.9. The van der Waals surface area contributed by atoms with Crippen LogP contribution in [0.3, 0.4) is 0 Å². The van der Waals surface area contributed by atoms with Gasteiger partial charge in [0.15, 0.2) is 6.61 Å². The van der Waals surface area contributed by atoms with Gasteiger partial charge in [-0.25, -0.2) is 13.2 Å². The quantitative estimate of drug-likeness (QED) is 0.606. The first-order chi connectivity index (χ1) is 15.3. The lowest BCUT2D eigenvalue weighted by atomic mass is 10.0. The first-order valence-electron chi connectivity index (χ1n) is 10.5. The van der Waals surface area contributed by atoms with Crippen molar-refractivity contribution in [2.75, 3.05) is 39.5 Å². The van der Waals surface area contributed by atoms with Gasteiger partial charge >= 0.3 is 5.97 Å². The average Bonchev–Trinajstić information content (AvgIpc) is 2.82. The van der Waals surface area contributed by atoms with Crippen LogP contribution in [0.1, 0.15) is 34.3 Å². The fourth-order valence-electron chi connectivity index (χ4n) is 3.34. The molecular weight excluding hydrogens is 432 g/mol. The minimum atomic E-state index is -3.74. The Morgan fingerprint density at radius 3 is 2.50 bits per heavy atom. The Morgan fingerprint density at radius 2 is 1.81 bits per heavy atom. The van der Waals surface area contributed by atoms with E-state index >= 15 is 0 Å². The second-order valence-corrected chi connectivity index (χ2v) is 9.62. The van der Waals surface area contributed by atoms with Crippen LogP contribution in [0.4, 0.5) is 0 Å². The van der Waals surface area contributed by atoms with E-state index < -0.39 is 28.5 Å². The summed E-state index contributed by atoms with van der Waals surface area (Å²) >= 11 is 0. The number of ether oxygens (including phenoxy) is 2. The fraction of sp³-hybridized carbons (Fsp3) is 0.391. The first kappa shape index (κ1) is 23.9. The normalized spacial score (nSPS) is 15.7. The minimum Gasteiger partial charge on any atom is -0.452 e. The molecule has 8 nitrogen and oxygen atoms in total. The van der Waals surface area contributed by atoms with Crippen molar-refractivity contribution in [1.29, 1.82) is 0 Å². The van der Waals surface area contributed by atoms with Gasteiger partial charge in [0.25, 0.3) is 5.91 Å². The highest BCUT2D eigenvalue weighted by Gasteiger charge is 2.27. The summed E-state index contributed by atoms with van der Waals surface area (Å²) in [4.78, 5) is 24.7. The van der Waals surface area contributed by atoms with E-state index in [1.807, 2.05) is 37.3 Å². The van der Waals surface area contributed by atoms with Gasteiger partial charge in [0, 0.05) is 19.6 Å². The topological polar surface area (TPSA) is 102 Å². The molecule has 0 aromatic heterocycles. The average molecular weight is 461 g/mol. The largest absolute Gasteiger partial charge is 0.452 e. The van der Waals surface area contributed by atoms with Crippen LogP contribution in [0.5, 0.6) is 0 Å². The van der Waals surface area contributed by atoms with E-state index in [4.69, 9.17) is 9.47 Å². The van der Waals surface area contributed by atoms with Crippen LogP contribution >= 0.6 is 0 Å².